The van der Waals surface area contributed by atoms with Crippen molar-refractivity contribution in [2.75, 3.05) is 11.9 Å². The van der Waals surface area contributed by atoms with Crippen LogP contribution in [0.4, 0.5) is 5.69 Å². The fraction of sp³-hybridized carbons (Fsp3) is 0.280. The van der Waals surface area contributed by atoms with Gasteiger partial charge in [0.1, 0.15) is 12.4 Å². The first-order valence-electron chi connectivity index (χ1n) is 10.0. The van der Waals surface area contributed by atoms with Crippen LogP contribution in [0.5, 0.6) is 5.75 Å². The zero-order chi connectivity index (χ0) is 20.2. The summed E-state index contributed by atoms with van der Waals surface area (Å²) >= 11 is 3.62. The number of alkyl halides is 1. The SMILES string of the molecule is CN(Cc1ccccc1)c1c(OCc2ccccc2)ccc2c1CCC(Br)C2O. The minimum Gasteiger partial charge on any atom is -0.487 e. The third-order valence-electron chi connectivity index (χ3n) is 5.49. The minimum atomic E-state index is -0.495. The highest BCUT2D eigenvalue weighted by Crippen LogP contribution is 2.43. The van der Waals surface area contributed by atoms with E-state index in [1.165, 1.54) is 11.1 Å². The summed E-state index contributed by atoms with van der Waals surface area (Å²) in [4.78, 5) is 2.34. The maximum Gasteiger partial charge on any atom is 0.143 e. The molecule has 0 spiro atoms. The smallest absolute Gasteiger partial charge is 0.143 e. The van der Waals surface area contributed by atoms with E-state index >= 15 is 0 Å². The molecule has 0 heterocycles. The summed E-state index contributed by atoms with van der Waals surface area (Å²) < 4.78 is 6.28. The monoisotopic (exact) mass is 451 g/mol. The molecule has 4 rings (SSSR count). The van der Waals surface area contributed by atoms with E-state index in [0.29, 0.717) is 6.61 Å². The number of anilines is 1. The van der Waals surface area contributed by atoms with Crippen LogP contribution in [0.15, 0.2) is 72.8 Å². The first-order valence-corrected chi connectivity index (χ1v) is 10.9. The number of hydrogen-bond donors (Lipinski definition) is 1. The van der Waals surface area contributed by atoms with E-state index in [2.05, 4.69) is 64.3 Å². The second kappa shape index (κ2) is 9.02. The molecular formula is C25H26BrNO2. The molecule has 0 aliphatic heterocycles. The number of rotatable bonds is 6. The molecule has 0 amide bonds. The van der Waals surface area contributed by atoms with Gasteiger partial charge in [-0.05, 0) is 41.2 Å². The summed E-state index contributed by atoms with van der Waals surface area (Å²) in [5.41, 5.74) is 5.66. The highest BCUT2D eigenvalue weighted by Gasteiger charge is 2.30. The maximum absolute atomic E-state index is 10.7. The molecule has 4 heteroatoms. The molecule has 3 aromatic rings. The molecule has 2 atom stereocenters. The van der Waals surface area contributed by atoms with Crippen LogP contribution in [-0.2, 0) is 19.6 Å². The molecule has 29 heavy (non-hydrogen) atoms. The normalized spacial score (nSPS) is 18.2. The van der Waals surface area contributed by atoms with Crippen LogP contribution in [0, 0.1) is 0 Å². The lowest BCUT2D eigenvalue weighted by Crippen LogP contribution is -2.25. The van der Waals surface area contributed by atoms with Gasteiger partial charge in [-0.15, -0.1) is 0 Å². The minimum absolute atomic E-state index is 0.0957. The zero-order valence-corrected chi connectivity index (χ0v) is 18.2. The van der Waals surface area contributed by atoms with Crippen molar-refractivity contribution in [2.45, 2.75) is 36.9 Å². The van der Waals surface area contributed by atoms with E-state index in [4.69, 9.17) is 4.74 Å². The number of ether oxygens (including phenoxy) is 1. The predicted molar refractivity (Wildman–Crippen MR) is 122 cm³/mol. The molecule has 3 aromatic carbocycles. The summed E-state index contributed by atoms with van der Waals surface area (Å²) in [6, 6.07) is 24.7. The molecule has 0 saturated carbocycles. The van der Waals surface area contributed by atoms with Gasteiger partial charge in [-0.3, -0.25) is 0 Å². The standard InChI is InChI=1S/C25H26BrNO2/c1-27(16-18-8-4-2-5-9-18)24-20-12-14-22(26)25(28)21(20)13-15-23(24)29-17-19-10-6-3-7-11-19/h2-11,13,15,22,25,28H,12,14,16-17H2,1H3. The van der Waals surface area contributed by atoms with Gasteiger partial charge >= 0.3 is 0 Å². The highest BCUT2D eigenvalue weighted by atomic mass is 79.9. The van der Waals surface area contributed by atoms with Gasteiger partial charge in [-0.25, -0.2) is 0 Å². The topological polar surface area (TPSA) is 32.7 Å². The second-order valence-corrected chi connectivity index (χ2v) is 8.77. The number of halogens is 1. The van der Waals surface area contributed by atoms with Gasteiger partial charge in [0.05, 0.1) is 11.8 Å². The van der Waals surface area contributed by atoms with Crippen molar-refractivity contribution in [1.82, 2.24) is 0 Å². The number of hydrogen-bond acceptors (Lipinski definition) is 3. The van der Waals surface area contributed by atoms with E-state index in [1.54, 1.807) is 0 Å². The molecule has 0 bridgehead atoms. The Kier molecular flexibility index (Phi) is 6.22. The molecule has 0 fully saturated rings. The maximum atomic E-state index is 10.7. The summed E-state index contributed by atoms with van der Waals surface area (Å²) in [6.07, 6.45) is 1.33. The molecule has 1 N–H and O–H groups in total. The van der Waals surface area contributed by atoms with Crippen LogP contribution in [0.3, 0.4) is 0 Å². The largest absolute Gasteiger partial charge is 0.487 e. The van der Waals surface area contributed by atoms with Crippen molar-refractivity contribution in [1.29, 1.82) is 0 Å². The van der Waals surface area contributed by atoms with E-state index in [0.717, 1.165) is 42.0 Å². The summed E-state index contributed by atoms with van der Waals surface area (Å²) in [6.45, 7) is 1.31. The molecule has 2 unspecified atom stereocenters. The third kappa shape index (κ3) is 4.49. The average molecular weight is 452 g/mol. The fourth-order valence-corrected chi connectivity index (χ4v) is 4.53. The Bertz CT molecular complexity index is 946. The third-order valence-corrected chi connectivity index (χ3v) is 6.45. The Balaban J connectivity index is 1.68. The number of benzene rings is 3. The zero-order valence-electron chi connectivity index (χ0n) is 16.6. The van der Waals surface area contributed by atoms with Crippen molar-refractivity contribution in [2.24, 2.45) is 0 Å². The van der Waals surface area contributed by atoms with Gasteiger partial charge in [-0.2, -0.15) is 0 Å². The predicted octanol–water partition coefficient (Wildman–Crippen LogP) is 5.65. The van der Waals surface area contributed by atoms with Gasteiger partial charge < -0.3 is 14.7 Å². The van der Waals surface area contributed by atoms with E-state index in [9.17, 15) is 5.11 Å². The van der Waals surface area contributed by atoms with Gasteiger partial charge in [0, 0.05) is 18.4 Å². The van der Waals surface area contributed by atoms with Crippen LogP contribution in [0.1, 0.15) is 34.8 Å². The van der Waals surface area contributed by atoms with E-state index < -0.39 is 6.10 Å². The second-order valence-electron chi connectivity index (χ2n) is 7.60. The molecule has 0 radical (unpaired) electrons. The van der Waals surface area contributed by atoms with Crippen molar-refractivity contribution in [3.8, 4) is 5.75 Å². The van der Waals surface area contributed by atoms with E-state index in [-0.39, 0.29) is 4.83 Å². The molecule has 0 saturated heterocycles. The van der Waals surface area contributed by atoms with Crippen LogP contribution < -0.4 is 9.64 Å². The Morgan fingerprint density at radius 1 is 0.966 bits per heavy atom. The fourth-order valence-electron chi connectivity index (χ4n) is 4.01. The first-order chi connectivity index (χ1) is 14.1. The van der Waals surface area contributed by atoms with Crippen molar-refractivity contribution in [3.63, 3.8) is 0 Å². The number of aliphatic hydroxyl groups excluding tert-OH is 1. The molecule has 1 aliphatic carbocycles. The summed E-state index contributed by atoms with van der Waals surface area (Å²) in [5, 5.41) is 10.7. The molecule has 1 aliphatic rings. The van der Waals surface area contributed by atoms with E-state index in [1.807, 2.05) is 36.4 Å². The Labute approximate surface area is 181 Å². The lowest BCUT2D eigenvalue weighted by Gasteiger charge is -2.32. The van der Waals surface area contributed by atoms with Gasteiger partial charge in [-0.1, -0.05) is 82.7 Å². The molecule has 3 nitrogen and oxygen atoms in total. The summed E-state index contributed by atoms with van der Waals surface area (Å²) in [7, 11) is 2.10. The van der Waals surface area contributed by atoms with Crippen LogP contribution in [0.2, 0.25) is 0 Å². The Morgan fingerprint density at radius 2 is 1.62 bits per heavy atom. The Hall–Kier alpha value is -2.30. The number of fused-ring (bicyclic) bond motifs is 1. The molecular weight excluding hydrogens is 426 g/mol. The van der Waals surface area contributed by atoms with Crippen LogP contribution in [0.25, 0.3) is 0 Å². The van der Waals surface area contributed by atoms with Gasteiger partial charge in [0.25, 0.3) is 0 Å². The number of nitrogens with zero attached hydrogens (tertiary/aromatic N) is 1. The molecule has 150 valence electrons. The van der Waals surface area contributed by atoms with Crippen molar-refractivity contribution < 1.29 is 9.84 Å². The average Bonchev–Trinajstić information content (AvgIpc) is 2.76. The Morgan fingerprint density at radius 3 is 2.31 bits per heavy atom. The van der Waals surface area contributed by atoms with Crippen molar-refractivity contribution >= 4 is 21.6 Å². The summed E-state index contributed by atoms with van der Waals surface area (Å²) in [5.74, 6) is 0.867. The van der Waals surface area contributed by atoms with Crippen LogP contribution in [-0.4, -0.2) is 17.0 Å². The molecule has 0 aromatic heterocycles. The van der Waals surface area contributed by atoms with Crippen LogP contribution >= 0.6 is 15.9 Å². The highest BCUT2D eigenvalue weighted by molar-refractivity contribution is 9.09. The van der Waals surface area contributed by atoms with Gasteiger partial charge in [0.15, 0.2) is 0 Å². The lowest BCUT2D eigenvalue weighted by molar-refractivity contribution is 0.165. The lowest BCUT2D eigenvalue weighted by atomic mass is 9.87. The van der Waals surface area contributed by atoms with Gasteiger partial charge in [0.2, 0.25) is 0 Å². The quantitative estimate of drug-likeness (QED) is 0.491. The first kappa shape index (κ1) is 20.0. The number of aliphatic hydroxyl groups is 1. The van der Waals surface area contributed by atoms with Crippen molar-refractivity contribution in [3.05, 3.63) is 95.1 Å².